The molecule has 7 nitrogen and oxygen atoms in total. The van der Waals surface area contributed by atoms with E-state index in [4.69, 9.17) is 4.74 Å². The number of carbonyl (C=O) groups excluding carboxylic acids is 2. The number of ether oxygens (including phenoxy) is 1. The van der Waals surface area contributed by atoms with E-state index in [2.05, 4.69) is 15.6 Å². The van der Waals surface area contributed by atoms with Crippen LogP contribution in [0.3, 0.4) is 0 Å². The van der Waals surface area contributed by atoms with Crippen LogP contribution in [0.5, 0.6) is 5.75 Å². The van der Waals surface area contributed by atoms with Gasteiger partial charge in [0.15, 0.2) is 0 Å². The summed E-state index contributed by atoms with van der Waals surface area (Å²) in [6.07, 6.45) is 3.69. The first-order chi connectivity index (χ1) is 13.6. The van der Waals surface area contributed by atoms with Gasteiger partial charge in [-0.15, -0.1) is 0 Å². The van der Waals surface area contributed by atoms with Crippen molar-refractivity contribution in [3.05, 3.63) is 59.8 Å². The number of carbonyl (C=O) groups is 2. The van der Waals surface area contributed by atoms with E-state index in [-0.39, 0.29) is 57.8 Å². The van der Waals surface area contributed by atoms with Crippen molar-refractivity contribution in [2.24, 2.45) is 0 Å². The predicted molar refractivity (Wildman–Crippen MR) is 103 cm³/mol. The summed E-state index contributed by atoms with van der Waals surface area (Å²) in [7, 11) is 0. The first-order valence-electron chi connectivity index (χ1n) is 9.19. The molecular formula is C21H20KN3O4. The number of anilines is 1. The minimum atomic E-state index is -1.33. The van der Waals surface area contributed by atoms with Crippen LogP contribution in [0.2, 0.25) is 0 Å². The summed E-state index contributed by atoms with van der Waals surface area (Å²) in [6, 6.07) is 11.2. The summed E-state index contributed by atoms with van der Waals surface area (Å²) in [5, 5.41) is 17.7. The van der Waals surface area contributed by atoms with E-state index in [1.165, 1.54) is 0 Å². The SMILES string of the molecule is O=C(Nc1ccc2c(c1)CCCO2)N[C@H](Cc1c[nH]c2ccccc12)C(=O)[O-].[K+]. The maximum atomic E-state index is 12.3. The second kappa shape index (κ2) is 9.77. The fraction of sp³-hybridized carbons (Fsp3) is 0.238. The quantitative estimate of drug-likeness (QED) is 0.462. The zero-order chi connectivity index (χ0) is 19.5. The Hall–Kier alpha value is -1.84. The van der Waals surface area contributed by atoms with Crippen LogP contribution in [0.1, 0.15) is 17.5 Å². The number of aliphatic carboxylic acids is 1. The molecule has 0 bridgehead atoms. The summed E-state index contributed by atoms with van der Waals surface area (Å²) in [5.74, 6) is -0.511. The summed E-state index contributed by atoms with van der Waals surface area (Å²) in [6.45, 7) is 0.696. The van der Waals surface area contributed by atoms with Gasteiger partial charge in [-0.3, -0.25) is 0 Å². The van der Waals surface area contributed by atoms with Gasteiger partial charge >= 0.3 is 57.4 Å². The number of amides is 2. The molecule has 1 aromatic heterocycles. The molecule has 4 rings (SSSR count). The molecule has 2 aromatic carbocycles. The van der Waals surface area contributed by atoms with Crippen molar-refractivity contribution in [1.82, 2.24) is 10.3 Å². The monoisotopic (exact) mass is 417 g/mol. The second-order valence-electron chi connectivity index (χ2n) is 6.81. The number of carboxylic acid groups (broad SMARTS) is 1. The van der Waals surface area contributed by atoms with Crippen molar-refractivity contribution in [1.29, 1.82) is 0 Å². The molecule has 0 fully saturated rings. The van der Waals surface area contributed by atoms with Gasteiger partial charge in [-0.25, -0.2) is 4.79 Å². The molecule has 3 aromatic rings. The van der Waals surface area contributed by atoms with E-state index < -0.39 is 18.0 Å². The Kier molecular flexibility index (Phi) is 7.36. The fourth-order valence-electron chi connectivity index (χ4n) is 3.48. The first-order valence-corrected chi connectivity index (χ1v) is 9.19. The Bertz CT molecular complexity index is 1030. The van der Waals surface area contributed by atoms with E-state index in [1.54, 1.807) is 12.3 Å². The van der Waals surface area contributed by atoms with Crippen LogP contribution in [-0.2, 0) is 17.6 Å². The second-order valence-corrected chi connectivity index (χ2v) is 6.81. The van der Waals surface area contributed by atoms with Gasteiger partial charge in [-0.1, -0.05) is 18.2 Å². The fourth-order valence-corrected chi connectivity index (χ4v) is 3.48. The van der Waals surface area contributed by atoms with Gasteiger partial charge in [0.1, 0.15) is 5.75 Å². The van der Waals surface area contributed by atoms with Crippen molar-refractivity contribution in [3.63, 3.8) is 0 Å². The van der Waals surface area contributed by atoms with Gasteiger partial charge in [0.2, 0.25) is 0 Å². The third kappa shape index (κ3) is 5.20. The molecule has 144 valence electrons. The topological polar surface area (TPSA) is 106 Å². The molecule has 0 radical (unpaired) electrons. The molecule has 2 heterocycles. The average molecular weight is 418 g/mol. The number of fused-ring (bicyclic) bond motifs is 2. The number of aromatic amines is 1. The van der Waals surface area contributed by atoms with Crippen LogP contribution in [-0.4, -0.2) is 29.6 Å². The first kappa shape index (κ1) is 21.9. The van der Waals surface area contributed by atoms with Gasteiger partial charge < -0.3 is 30.3 Å². The average Bonchev–Trinajstić information content (AvgIpc) is 3.10. The number of urea groups is 1. The number of H-pyrrole nitrogens is 1. The number of para-hydroxylation sites is 1. The molecule has 0 aliphatic carbocycles. The van der Waals surface area contributed by atoms with Gasteiger partial charge in [0.05, 0.1) is 18.6 Å². The molecule has 3 N–H and O–H groups in total. The molecule has 1 atom stereocenters. The molecule has 0 saturated heterocycles. The maximum absolute atomic E-state index is 12.3. The van der Waals surface area contributed by atoms with Crippen LogP contribution in [0.4, 0.5) is 10.5 Å². The Morgan fingerprint density at radius 1 is 1.21 bits per heavy atom. The number of carboxylic acids is 1. The maximum Gasteiger partial charge on any atom is 1.00 e. The summed E-state index contributed by atoms with van der Waals surface area (Å²) < 4.78 is 5.56. The Balaban J connectivity index is 0.00000240. The van der Waals surface area contributed by atoms with Crippen LogP contribution in [0, 0.1) is 0 Å². The number of hydrogen-bond donors (Lipinski definition) is 3. The molecule has 8 heteroatoms. The van der Waals surface area contributed by atoms with Crippen molar-refractivity contribution >= 4 is 28.6 Å². The van der Waals surface area contributed by atoms with Crippen molar-refractivity contribution in [2.45, 2.75) is 25.3 Å². The smallest absolute Gasteiger partial charge is 0.548 e. The van der Waals surface area contributed by atoms with E-state index in [1.807, 2.05) is 36.4 Å². The Morgan fingerprint density at radius 3 is 2.86 bits per heavy atom. The minimum Gasteiger partial charge on any atom is -0.548 e. The summed E-state index contributed by atoms with van der Waals surface area (Å²) >= 11 is 0. The molecule has 0 unspecified atom stereocenters. The number of nitrogens with one attached hydrogen (secondary N) is 3. The standard InChI is InChI=1S/C21H21N3O4.K/c25-20(26)18(11-14-12-22-17-6-2-1-5-16(14)17)24-21(27)23-15-7-8-19-13(10-15)4-3-9-28-19;/h1-2,5-8,10,12,18,22H,3-4,9,11H2,(H,25,26)(H2,23,24,27);/q;+1/p-1/t18-;/m1./s1. The number of hydrogen-bond acceptors (Lipinski definition) is 4. The van der Waals surface area contributed by atoms with Crippen LogP contribution < -0.4 is 71.9 Å². The predicted octanol–water partition coefficient (Wildman–Crippen LogP) is -1.02. The molecule has 0 spiro atoms. The number of benzene rings is 2. The zero-order valence-electron chi connectivity index (χ0n) is 16.2. The van der Waals surface area contributed by atoms with Gasteiger partial charge in [0, 0.05) is 29.2 Å². The Morgan fingerprint density at radius 2 is 2.03 bits per heavy atom. The van der Waals surface area contributed by atoms with Crippen molar-refractivity contribution in [3.8, 4) is 5.75 Å². The largest absolute Gasteiger partial charge is 1.00 e. The van der Waals surface area contributed by atoms with Gasteiger partial charge in [-0.2, -0.15) is 0 Å². The van der Waals surface area contributed by atoms with E-state index >= 15 is 0 Å². The molecule has 2 amide bonds. The van der Waals surface area contributed by atoms with E-state index in [0.717, 1.165) is 40.6 Å². The molecule has 1 aliphatic heterocycles. The normalized spacial score (nSPS) is 13.5. The number of aromatic nitrogens is 1. The van der Waals surface area contributed by atoms with Crippen molar-refractivity contribution < 1.29 is 70.8 Å². The number of rotatable bonds is 5. The van der Waals surface area contributed by atoms with Gasteiger partial charge in [-0.05, 0) is 48.2 Å². The third-order valence-corrected chi connectivity index (χ3v) is 4.86. The molecule has 29 heavy (non-hydrogen) atoms. The third-order valence-electron chi connectivity index (χ3n) is 4.86. The van der Waals surface area contributed by atoms with E-state index in [9.17, 15) is 14.7 Å². The minimum absolute atomic E-state index is 0. The van der Waals surface area contributed by atoms with Crippen LogP contribution in [0.25, 0.3) is 10.9 Å². The number of aryl methyl sites for hydroxylation is 1. The molecular weight excluding hydrogens is 397 g/mol. The van der Waals surface area contributed by atoms with Crippen molar-refractivity contribution in [2.75, 3.05) is 11.9 Å². The Labute approximate surface area is 210 Å². The molecule has 0 saturated carbocycles. The summed E-state index contributed by atoms with van der Waals surface area (Å²) in [4.78, 5) is 27.0. The van der Waals surface area contributed by atoms with Crippen LogP contribution in [0.15, 0.2) is 48.7 Å². The van der Waals surface area contributed by atoms with Gasteiger partial charge in [0.25, 0.3) is 0 Å². The summed E-state index contributed by atoms with van der Waals surface area (Å²) in [5.41, 5.74) is 3.33. The van der Waals surface area contributed by atoms with Crippen LogP contribution >= 0.6 is 0 Å². The molecule has 1 aliphatic rings. The van der Waals surface area contributed by atoms with E-state index in [0.29, 0.717) is 12.3 Å². The zero-order valence-corrected chi connectivity index (χ0v) is 19.3.